The molecule has 3 aromatic carbocycles. The fraction of sp³-hybridized carbons (Fsp3) is 0.375. The number of carbonyl (C=O) groups excluding carboxylic acids is 2. The number of hydrogen-bond donors (Lipinski definition) is 1. The lowest BCUT2D eigenvalue weighted by molar-refractivity contribution is -0.139. The van der Waals surface area contributed by atoms with Gasteiger partial charge in [-0.3, -0.25) is 13.9 Å². The molecule has 2 amide bonds. The average molecular weight is 612 g/mol. The molecule has 0 unspecified atom stereocenters. The number of anilines is 1. The summed E-state index contributed by atoms with van der Waals surface area (Å²) < 4.78 is 34.7. The number of carbonyl (C=O) groups is 2. The number of amides is 2. The largest absolute Gasteiger partial charge is 0.494 e. The van der Waals surface area contributed by atoms with Crippen LogP contribution in [0.25, 0.3) is 0 Å². The third-order valence-corrected chi connectivity index (χ3v) is 9.55. The van der Waals surface area contributed by atoms with Gasteiger partial charge >= 0.3 is 0 Å². The Morgan fingerprint density at radius 3 is 2.14 bits per heavy atom. The van der Waals surface area contributed by atoms with Crippen LogP contribution in [0.5, 0.6) is 5.75 Å². The van der Waals surface area contributed by atoms with Crippen LogP contribution in [0.3, 0.4) is 0 Å². The molecule has 0 bridgehead atoms. The maximum atomic E-state index is 14.0. The molecule has 0 radical (unpaired) electrons. The van der Waals surface area contributed by atoms with Gasteiger partial charge in [0, 0.05) is 17.5 Å². The van der Waals surface area contributed by atoms with Crippen molar-refractivity contribution in [1.29, 1.82) is 0 Å². The van der Waals surface area contributed by atoms with Gasteiger partial charge in [-0.15, -0.1) is 11.8 Å². The van der Waals surface area contributed by atoms with Gasteiger partial charge in [0.1, 0.15) is 18.3 Å². The fourth-order valence-electron chi connectivity index (χ4n) is 4.31. The predicted molar refractivity (Wildman–Crippen MR) is 170 cm³/mol. The van der Waals surface area contributed by atoms with Crippen LogP contribution in [0, 0.1) is 0 Å². The predicted octanol–water partition coefficient (Wildman–Crippen LogP) is 5.38. The minimum absolute atomic E-state index is 0.0592. The fourth-order valence-corrected chi connectivity index (χ4v) is 6.14. The van der Waals surface area contributed by atoms with Gasteiger partial charge < -0.3 is 15.0 Å². The van der Waals surface area contributed by atoms with Crippen LogP contribution in [0.1, 0.15) is 39.7 Å². The van der Waals surface area contributed by atoms with Gasteiger partial charge in [-0.2, -0.15) is 0 Å². The van der Waals surface area contributed by atoms with Crippen LogP contribution >= 0.6 is 11.8 Å². The Morgan fingerprint density at radius 1 is 0.929 bits per heavy atom. The molecule has 0 aliphatic rings. The second-order valence-corrected chi connectivity index (χ2v) is 12.7. The van der Waals surface area contributed by atoms with Gasteiger partial charge in [0.05, 0.1) is 17.2 Å². The molecule has 1 N–H and O–H groups in total. The van der Waals surface area contributed by atoms with Gasteiger partial charge in [-0.1, -0.05) is 37.3 Å². The van der Waals surface area contributed by atoms with Crippen LogP contribution in [0.15, 0.2) is 88.7 Å². The molecule has 2 atom stereocenters. The van der Waals surface area contributed by atoms with Crippen molar-refractivity contribution >= 4 is 39.3 Å². The lowest BCUT2D eigenvalue weighted by Gasteiger charge is -2.32. The SMILES string of the molecule is CCOc1ccc(N(CC(=O)N(CCc2ccccc2)[C@@H](C)C(=O)N[C@H](C)CC)S(=O)(=O)c2ccc(SC)cc2)cc1. The Morgan fingerprint density at radius 2 is 1.57 bits per heavy atom. The molecule has 0 saturated carbocycles. The third-order valence-electron chi connectivity index (χ3n) is 7.01. The van der Waals surface area contributed by atoms with Crippen LogP contribution in [0.2, 0.25) is 0 Å². The molecule has 226 valence electrons. The van der Waals surface area contributed by atoms with E-state index < -0.39 is 28.5 Å². The van der Waals surface area contributed by atoms with E-state index >= 15 is 0 Å². The van der Waals surface area contributed by atoms with Gasteiger partial charge in [0.25, 0.3) is 10.0 Å². The number of nitrogens with one attached hydrogen (secondary N) is 1. The molecule has 0 aliphatic carbocycles. The highest BCUT2D eigenvalue weighted by Gasteiger charge is 2.32. The highest BCUT2D eigenvalue weighted by atomic mass is 32.2. The average Bonchev–Trinajstić information content (AvgIpc) is 3.00. The third kappa shape index (κ3) is 8.75. The van der Waals surface area contributed by atoms with E-state index in [4.69, 9.17) is 4.74 Å². The first-order valence-corrected chi connectivity index (χ1v) is 16.8. The van der Waals surface area contributed by atoms with Crippen molar-refractivity contribution in [3.63, 3.8) is 0 Å². The number of rotatable bonds is 15. The van der Waals surface area contributed by atoms with E-state index in [1.165, 1.54) is 16.7 Å². The monoisotopic (exact) mass is 611 g/mol. The highest BCUT2D eigenvalue weighted by Crippen LogP contribution is 2.27. The number of nitrogens with zero attached hydrogens (tertiary/aromatic N) is 2. The molecule has 8 nitrogen and oxygen atoms in total. The van der Waals surface area contributed by atoms with E-state index in [1.54, 1.807) is 55.5 Å². The second-order valence-electron chi connectivity index (χ2n) is 9.93. The Hall–Kier alpha value is -3.50. The number of benzene rings is 3. The summed E-state index contributed by atoms with van der Waals surface area (Å²) in [5.41, 5.74) is 1.33. The van der Waals surface area contributed by atoms with E-state index in [-0.39, 0.29) is 23.4 Å². The van der Waals surface area contributed by atoms with Crippen LogP contribution in [0.4, 0.5) is 5.69 Å². The summed E-state index contributed by atoms with van der Waals surface area (Å²) in [6, 6.07) is 22.0. The number of sulfonamides is 1. The van der Waals surface area contributed by atoms with Gasteiger partial charge in [-0.25, -0.2) is 8.42 Å². The van der Waals surface area contributed by atoms with E-state index in [2.05, 4.69) is 5.32 Å². The minimum atomic E-state index is -4.13. The molecule has 0 heterocycles. The topological polar surface area (TPSA) is 96.0 Å². The van der Waals surface area contributed by atoms with Crippen LogP contribution in [-0.4, -0.2) is 63.2 Å². The zero-order valence-electron chi connectivity index (χ0n) is 24.9. The maximum Gasteiger partial charge on any atom is 0.264 e. The summed E-state index contributed by atoms with van der Waals surface area (Å²) in [4.78, 5) is 29.6. The molecule has 3 aromatic rings. The molecule has 10 heteroatoms. The van der Waals surface area contributed by atoms with Gasteiger partial charge in [0.15, 0.2) is 0 Å². The first-order chi connectivity index (χ1) is 20.1. The second kappa shape index (κ2) is 15.7. The summed E-state index contributed by atoms with van der Waals surface area (Å²) in [6.07, 6.45) is 3.17. The molecule has 0 spiro atoms. The summed E-state index contributed by atoms with van der Waals surface area (Å²) in [5.74, 6) is -0.168. The Balaban J connectivity index is 1.98. The summed E-state index contributed by atoms with van der Waals surface area (Å²) in [5, 5.41) is 2.95. The number of thioether (sulfide) groups is 1. The number of ether oxygens (including phenoxy) is 1. The van der Waals surface area contributed by atoms with Crippen molar-refractivity contribution < 1.29 is 22.7 Å². The molecule has 0 saturated heterocycles. The smallest absolute Gasteiger partial charge is 0.264 e. The zero-order valence-corrected chi connectivity index (χ0v) is 26.6. The van der Waals surface area contributed by atoms with Crippen molar-refractivity contribution in [3.05, 3.63) is 84.4 Å². The Bertz CT molecular complexity index is 1400. The lowest BCUT2D eigenvalue weighted by atomic mass is 10.1. The first-order valence-electron chi connectivity index (χ1n) is 14.1. The number of hydrogen-bond acceptors (Lipinski definition) is 6. The summed E-state index contributed by atoms with van der Waals surface area (Å²) >= 11 is 1.51. The highest BCUT2D eigenvalue weighted by molar-refractivity contribution is 7.98. The van der Waals surface area contributed by atoms with Gasteiger partial charge in [-0.05, 0) is 94.0 Å². The van der Waals surface area contributed by atoms with Crippen molar-refractivity contribution in [2.75, 3.05) is 30.3 Å². The molecule has 0 fully saturated rings. The van der Waals surface area contributed by atoms with Crippen LogP contribution in [-0.2, 0) is 26.0 Å². The normalized spacial score (nSPS) is 12.7. The van der Waals surface area contributed by atoms with E-state index in [9.17, 15) is 18.0 Å². The zero-order chi connectivity index (χ0) is 30.7. The molecule has 0 aliphatic heterocycles. The first kappa shape index (κ1) is 33.0. The van der Waals surface area contributed by atoms with E-state index in [1.807, 2.05) is 57.4 Å². The molecule has 3 rings (SSSR count). The Labute approximate surface area is 254 Å². The quantitative estimate of drug-likeness (QED) is 0.232. The van der Waals surface area contributed by atoms with Crippen molar-refractivity contribution in [1.82, 2.24) is 10.2 Å². The molecule has 42 heavy (non-hydrogen) atoms. The van der Waals surface area contributed by atoms with E-state index in [0.717, 1.165) is 21.2 Å². The molecular weight excluding hydrogens is 571 g/mol. The minimum Gasteiger partial charge on any atom is -0.494 e. The lowest BCUT2D eigenvalue weighted by Crippen LogP contribution is -2.53. The van der Waals surface area contributed by atoms with Gasteiger partial charge in [0.2, 0.25) is 11.8 Å². The summed E-state index contributed by atoms with van der Waals surface area (Å²) in [6.45, 7) is 7.66. The molecule has 0 aromatic heterocycles. The van der Waals surface area contributed by atoms with Crippen molar-refractivity contribution in [3.8, 4) is 5.75 Å². The maximum absolute atomic E-state index is 14.0. The standard InChI is InChI=1S/C32H41N3O5S2/c1-6-24(3)33-32(37)25(4)34(22-21-26-11-9-8-10-12-26)31(36)23-35(27-13-15-28(16-14-27)40-7-2)42(38,39)30-19-17-29(41-5)18-20-30/h8-20,24-25H,6-7,21-23H2,1-5H3,(H,33,37)/t24-,25+/m1/s1. The van der Waals surface area contributed by atoms with Crippen molar-refractivity contribution in [2.45, 2.75) is 62.4 Å². The van der Waals surface area contributed by atoms with Crippen LogP contribution < -0.4 is 14.4 Å². The molecular formula is C32H41N3O5S2. The van der Waals surface area contributed by atoms with E-state index in [0.29, 0.717) is 24.5 Å². The van der Waals surface area contributed by atoms with Crippen molar-refractivity contribution in [2.24, 2.45) is 0 Å². The summed E-state index contributed by atoms with van der Waals surface area (Å²) in [7, 11) is -4.13. The Kier molecular flexibility index (Phi) is 12.3.